The lowest BCUT2D eigenvalue weighted by molar-refractivity contribution is 0.0941. The fraction of sp³-hybridized carbons (Fsp3) is 0.562. The van der Waals surface area contributed by atoms with Crippen LogP contribution in [0, 0.1) is 5.92 Å². The van der Waals surface area contributed by atoms with Gasteiger partial charge in [0.25, 0.3) is 5.91 Å². The Balaban J connectivity index is 1.86. The maximum atomic E-state index is 12.1. The van der Waals surface area contributed by atoms with E-state index < -0.39 is 9.84 Å². The van der Waals surface area contributed by atoms with Gasteiger partial charge in [0.05, 0.1) is 18.1 Å². The van der Waals surface area contributed by atoms with Crippen LogP contribution in [0.3, 0.4) is 0 Å². The predicted octanol–water partition coefficient (Wildman–Crippen LogP) is 2.03. The minimum Gasteiger partial charge on any atom is -0.494 e. The molecule has 0 spiro atoms. The largest absolute Gasteiger partial charge is 0.494 e. The van der Waals surface area contributed by atoms with Crippen molar-refractivity contribution in [2.24, 2.45) is 5.92 Å². The zero-order valence-corrected chi connectivity index (χ0v) is 13.9. The van der Waals surface area contributed by atoms with Crippen LogP contribution in [0.15, 0.2) is 24.3 Å². The molecule has 1 aromatic rings. The Kier molecular flexibility index (Phi) is 5.45. The summed E-state index contributed by atoms with van der Waals surface area (Å²) in [5.74, 6) is 1.28. The van der Waals surface area contributed by atoms with Crippen molar-refractivity contribution in [3.05, 3.63) is 29.8 Å². The Morgan fingerprint density at radius 1 is 1.32 bits per heavy atom. The molecule has 1 saturated heterocycles. The van der Waals surface area contributed by atoms with E-state index in [0.29, 0.717) is 24.5 Å². The van der Waals surface area contributed by atoms with Gasteiger partial charge in [-0.3, -0.25) is 4.79 Å². The first-order valence-corrected chi connectivity index (χ1v) is 9.42. The van der Waals surface area contributed by atoms with Crippen molar-refractivity contribution in [2.75, 3.05) is 18.1 Å². The predicted molar refractivity (Wildman–Crippen MR) is 85.9 cm³/mol. The average Bonchev–Trinajstić information content (AvgIpc) is 2.78. The molecular formula is C16H23NO4S. The van der Waals surface area contributed by atoms with Gasteiger partial charge >= 0.3 is 0 Å². The van der Waals surface area contributed by atoms with E-state index in [-0.39, 0.29) is 23.5 Å². The molecule has 0 radical (unpaired) electrons. The highest BCUT2D eigenvalue weighted by Gasteiger charge is 2.29. The standard InChI is InChI=1S/C16H23NO4S/c1-12(2)7-9-21-15-5-3-13(4-6-15)16(18)17-14-8-10-22(19,20)11-14/h3-6,12,14H,7-11H2,1-2H3,(H,17,18)/t14-/m0/s1. The summed E-state index contributed by atoms with van der Waals surface area (Å²) in [7, 11) is -2.98. The highest BCUT2D eigenvalue weighted by Crippen LogP contribution is 2.15. The first-order chi connectivity index (χ1) is 10.4. The van der Waals surface area contributed by atoms with E-state index in [1.807, 2.05) is 0 Å². The molecule has 1 aliphatic heterocycles. The van der Waals surface area contributed by atoms with Crippen LogP contribution in [-0.2, 0) is 9.84 Å². The topological polar surface area (TPSA) is 72.5 Å². The van der Waals surface area contributed by atoms with Gasteiger partial charge in [0.15, 0.2) is 9.84 Å². The van der Waals surface area contributed by atoms with Crippen molar-refractivity contribution in [3.8, 4) is 5.75 Å². The van der Waals surface area contributed by atoms with Crippen LogP contribution >= 0.6 is 0 Å². The molecule has 1 amide bonds. The van der Waals surface area contributed by atoms with Crippen LogP contribution in [-0.4, -0.2) is 38.5 Å². The molecule has 1 heterocycles. The number of sulfone groups is 1. The van der Waals surface area contributed by atoms with Crippen LogP contribution in [0.1, 0.15) is 37.0 Å². The first kappa shape index (κ1) is 16.8. The number of benzene rings is 1. The summed E-state index contributed by atoms with van der Waals surface area (Å²) in [6.45, 7) is 4.93. The van der Waals surface area contributed by atoms with Crippen molar-refractivity contribution >= 4 is 15.7 Å². The normalized spacial score (nSPS) is 20.0. The first-order valence-electron chi connectivity index (χ1n) is 7.60. The Morgan fingerprint density at radius 2 is 2.00 bits per heavy atom. The molecule has 6 heteroatoms. The molecule has 1 atom stereocenters. The fourth-order valence-electron chi connectivity index (χ4n) is 2.29. The summed E-state index contributed by atoms with van der Waals surface area (Å²) < 4.78 is 28.4. The molecule has 0 unspecified atom stereocenters. The number of carbonyl (C=O) groups is 1. The maximum absolute atomic E-state index is 12.1. The van der Waals surface area contributed by atoms with Gasteiger partial charge in [-0.05, 0) is 43.0 Å². The highest BCUT2D eigenvalue weighted by molar-refractivity contribution is 7.91. The third-order valence-electron chi connectivity index (χ3n) is 3.65. The van der Waals surface area contributed by atoms with E-state index in [0.717, 1.165) is 12.2 Å². The van der Waals surface area contributed by atoms with E-state index in [1.165, 1.54) is 0 Å². The summed E-state index contributed by atoms with van der Waals surface area (Å²) in [4.78, 5) is 12.1. The van der Waals surface area contributed by atoms with Crippen molar-refractivity contribution in [1.82, 2.24) is 5.32 Å². The van der Waals surface area contributed by atoms with E-state index in [9.17, 15) is 13.2 Å². The monoisotopic (exact) mass is 325 g/mol. The van der Waals surface area contributed by atoms with Gasteiger partial charge in [-0.15, -0.1) is 0 Å². The lowest BCUT2D eigenvalue weighted by Gasteiger charge is -2.12. The number of ether oxygens (including phenoxy) is 1. The van der Waals surface area contributed by atoms with Gasteiger partial charge in [-0.25, -0.2) is 8.42 Å². The van der Waals surface area contributed by atoms with Gasteiger partial charge in [-0.1, -0.05) is 13.8 Å². The highest BCUT2D eigenvalue weighted by atomic mass is 32.2. The number of carbonyl (C=O) groups excluding carboxylic acids is 1. The molecule has 0 saturated carbocycles. The minimum atomic E-state index is -2.98. The third-order valence-corrected chi connectivity index (χ3v) is 5.42. The lowest BCUT2D eigenvalue weighted by Crippen LogP contribution is -2.35. The third kappa shape index (κ3) is 5.02. The lowest BCUT2D eigenvalue weighted by atomic mass is 10.1. The number of hydrogen-bond donors (Lipinski definition) is 1. The molecule has 1 fully saturated rings. The summed E-state index contributed by atoms with van der Waals surface area (Å²) in [6.07, 6.45) is 1.48. The molecule has 1 N–H and O–H groups in total. The van der Waals surface area contributed by atoms with E-state index >= 15 is 0 Å². The summed E-state index contributed by atoms with van der Waals surface area (Å²) in [5.41, 5.74) is 0.514. The van der Waals surface area contributed by atoms with Gasteiger partial charge in [0, 0.05) is 11.6 Å². The van der Waals surface area contributed by atoms with Crippen LogP contribution in [0.2, 0.25) is 0 Å². The minimum absolute atomic E-state index is 0.0368. The summed E-state index contributed by atoms with van der Waals surface area (Å²) in [5, 5.41) is 2.77. The van der Waals surface area contributed by atoms with Crippen LogP contribution in [0.4, 0.5) is 0 Å². The second-order valence-electron chi connectivity index (χ2n) is 6.13. The van der Waals surface area contributed by atoms with Gasteiger partial charge in [0.2, 0.25) is 0 Å². The average molecular weight is 325 g/mol. The maximum Gasteiger partial charge on any atom is 0.251 e. The SMILES string of the molecule is CC(C)CCOc1ccc(C(=O)N[C@H]2CCS(=O)(=O)C2)cc1. The van der Waals surface area contributed by atoms with Crippen LogP contribution in [0.5, 0.6) is 5.75 Å². The number of hydrogen-bond acceptors (Lipinski definition) is 4. The molecule has 0 aromatic heterocycles. The molecule has 5 nitrogen and oxygen atoms in total. The van der Waals surface area contributed by atoms with Crippen LogP contribution in [0.25, 0.3) is 0 Å². The molecule has 0 bridgehead atoms. The van der Waals surface area contributed by atoms with Crippen molar-refractivity contribution in [1.29, 1.82) is 0 Å². The Hall–Kier alpha value is -1.56. The van der Waals surface area contributed by atoms with Crippen molar-refractivity contribution in [2.45, 2.75) is 32.7 Å². The van der Waals surface area contributed by atoms with Gasteiger partial charge in [-0.2, -0.15) is 0 Å². The van der Waals surface area contributed by atoms with E-state index in [4.69, 9.17) is 4.74 Å². The quantitative estimate of drug-likeness (QED) is 0.868. The number of amides is 1. The number of nitrogens with one attached hydrogen (secondary N) is 1. The smallest absolute Gasteiger partial charge is 0.251 e. The second-order valence-corrected chi connectivity index (χ2v) is 8.36. The van der Waals surface area contributed by atoms with Gasteiger partial charge in [0.1, 0.15) is 5.75 Å². The van der Waals surface area contributed by atoms with Crippen LogP contribution < -0.4 is 10.1 Å². The zero-order chi connectivity index (χ0) is 16.2. The molecular weight excluding hydrogens is 302 g/mol. The Labute approximate surface area is 132 Å². The molecule has 2 rings (SSSR count). The number of rotatable bonds is 6. The summed E-state index contributed by atoms with van der Waals surface area (Å²) in [6, 6.07) is 6.65. The molecule has 22 heavy (non-hydrogen) atoms. The zero-order valence-electron chi connectivity index (χ0n) is 13.0. The van der Waals surface area contributed by atoms with Crippen molar-refractivity contribution < 1.29 is 17.9 Å². The molecule has 0 aliphatic carbocycles. The Bertz CT molecular complexity index is 608. The molecule has 122 valence electrons. The Morgan fingerprint density at radius 3 is 2.55 bits per heavy atom. The fourth-order valence-corrected chi connectivity index (χ4v) is 3.97. The van der Waals surface area contributed by atoms with E-state index in [2.05, 4.69) is 19.2 Å². The van der Waals surface area contributed by atoms with E-state index in [1.54, 1.807) is 24.3 Å². The van der Waals surface area contributed by atoms with Crippen molar-refractivity contribution in [3.63, 3.8) is 0 Å². The van der Waals surface area contributed by atoms with Gasteiger partial charge < -0.3 is 10.1 Å². The second kappa shape index (κ2) is 7.13. The summed E-state index contributed by atoms with van der Waals surface area (Å²) >= 11 is 0. The molecule has 1 aliphatic rings. The molecule has 1 aromatic carbocycles.